The van der Waals surface area contributed by atoms with Gasteiger partial charge in [0.1, 0.15) is 11.6 Å². The molecule has 2 aromatic heterocycles. The van der Waals surface area contributed by atoms with E-state index in [1.54, 1.807) is 20.1 Å². The fourth-order valence-electron chi connectivity index (χ4n) is 1.52. The molecule has 0 aliphatic carbocycles. The summed E-state index contributed by atoms with van der Waals surface area (Å²) in [4.78, 5) is 15.7. The monoisotopic (exact) mass is 237 g/mol. The van der Waals surface area contributed by atoms with Gasteiger partial charge in [-0.3, -0.25) is 0 Å². The zero-order chi connectivity index (χ0) is 12.4. The molecule has 0 aromatic carbocycles. The van der Waals surface area contributed by atoms with Gasteiger partial charge in [0.15, 0.2) is 5.65 Å². The van der Waals surface area contributed by atoms with Crippen LogP contribution in [0.4, 0.5) is 5.82 Å². The lowest BCUT2D eigenvalue weighted by Gasteiger charge is -2.11. The first-order chi connectivity index (χ1) is 8.11. The van der Waals surface area contributed by atoms with Crippen molar-refractivity contribution in [1.82, 2.24) is 19.6 Å². The van der Waals surface area contributed by atoms with Crippen LogP contribution in [0.2, 0.25) is 0 Å². The number of anilines is 1. The van der Waals surface area contributed by atoms with Gasteiger partial charge >= 0.3 is 5.69 Å². The Morgan fingerprint density at radius 3 is 3.12 bits per heavy atom. The summed E-state index contributed by atoms with van der Waals surface area (Å²) >= 11 is 0. The van der Waals surface area contributed by atoms with Crippen LogP contribution < -0.4 is 11.0 Å². The molecule has 2 N–H and O–H groups in total. The van der Waals surface area contributed by atoms with E-state index in [4.69, 9.17) is 4.74 Å². The molecule has 0 aliphatic rings. The van der Waals surface area contributed by atoms with Gasteiger partial charge in [-0.15, -0.1) is 0 Å². The van der Waals surface area contributed by atoms with E-state index in [-0.39, 0.29) is 11.8 Å². The van der Waals surface area contributed by atoms with E-state index in [2.05, 4.69) is 20.5 Å². The highest BCUT2D eigenvalue weighted by atomic mass is 16.5. The van der Waals surface area contributed by atoms with Crippen LogP contribution in [-0.4, -0.2) is 39.3 Å². The number of methoxy groups -OCH3 is 1. The van der Waals surface area contributed by atoms with E-state index in [1.165, 1.54) is 4.40 Å². The molecule has 0 spiro atoms. The second-order valence-corrected chi connectivity index (χ2v) is 3.84. The van der Waals surface area contributed by atoms with Crippen molar-refractivity contribution in [3.8, 4) is 0 Å². The average molecular weight is 237 g/mol. The van der Waals surface area contributed by atoms with E-state index in [9.17, 15) is 4.79 Å². The lowest BCUT2D eigenvalue weighted by atomic mass is 10.4. The third-order valence-corrected chi connectivity index (χ3v) is 2.54. The number of hydrogen-bond donors (Lipinski definition) is 2. The van der Waals surface area contributed by atoms with Crippen LogP contribution in [0.5, 0.6) is 0 Å². The van der Waals surface area contributed by atoms with Crippen molar-refractivity contribution in [3.05, 3.63) is 22.4 Å². The smallest absolute Gasteiger partial charge is 0.349 e. The lowest BCUT2D eigenvalue weighted by Crippen LogP contribution is -2.20. The lowest BCUT2D eigenvalue weighted by molar-refractivity contribution is 0.128. The summed E-state index contributed by atoms with van der Waals surface area (Å²) < 4.78 is 6.55. The van der Waals surface area contributed by atoms with Crippen LogP contribution >= 0.6 is 0 Å². The highest BCUT2D eigenvalue weighted by Crippen LogP contribution is 2.07. The number of ether oxygens (including phenoxy) is 1. The SMILES string of the molecule is COC(C)CNc1cc2n[nH]c(=O)n2c(C)n1. The summed E-state index contributed by atoms with van der Waals surface area (Å²) in [5.74, 6) is 1.27. The number of aromatic nitrogens is 4. The zero-order valence-electron chi connectivity index (χ0n) is 10.0. The Bertz CT molecular complexity index is 574. The van der Waals surface area contributed by atoms with Gasteiger partial charge in [-0.2, -0.15) is 5.10 Å². The Kier molecular flexibility index (Phi) is 3.10. The fraction of sp³-hybridized carbons (Fsp3) is 0.500. The number of H-pyrrole nitrogens is 1. The molecule has 0 bridgehead atoms. The van der Waals surface area contributed by atoms with Crippen molar-refractivity contribution in [2.24, 2.45) is 0 Å². The van der Waals surface area contributed by atoms with Gasteiger partial charge in [0.05, 0.1) is 6.10 Å². The molecule has 2 rings (SSSR count). The second kappa shape index (κ2) is 4.54. The van der Waals surface area contributed by atoms with Gasteiger partial charge in [0, 0.05) is 19.7 Å². The number of aromatic amines is 1. The highest BCUT2D eigenvalue weighted by Gasteiger charge is 2.07. The van der Waals surface area contributed by atoms with E-state index >= 15 is 0 Å². The van der Waals surface area contributed by atoms with Gasteiger partial charge in [-0.05, 0) is 13.8 Å². The molecule has 2 heterocycles. The quantitative estimate of drug-likeness (QED) is 0.792. The molecule has 17 heavy (non-hydrogen) atoms. The maximum Gasteiger partial charge on any atom is 0.349 e. The van der Waals surface area contributed by atoms with Gasteiger partial charge in [0.2, 0.25) is 0 Å². The maximum absolute atomic E-state index is 11.4. The normalized spacial score (nSPS) is 12.9. The highest BCUT2D eigenvalue weighted by molar-refractivity contribution is 5.49. The van der Waals surface area contributed by atoms with Crippen LogP contribution in [0.3, 0.4) is 0 Å². The molecule has 1 atom stereocenters. The molecular formula is C10H15N5O2. The predicted octanol–water partition coefficient (Wildman–Crippen LogP) is 0.173. The number of fused-ring (bicyclic) bond motifs is 1. The van der Waals surface area contributed by atoms with Crippen LogP contribution in [-0.2, 0) is 4.74 Å². The van der Waals surface area contributed by atoms with E-state index in [0.29, 0.717) is 23.8 Å². The summed E-state index contributed by atoms with van der Waals surface area (Å²) in [6, 6.07) is 1.72. The van der Waals surface area contributed by atoms with Gasteiger partial charge in [-0.1, -0.05) is 0 Å². The predicted molar refractivity (Wildman–Crippen MR) is 63.3 cm³/mol. The summed E-state index contributed by atoms with van der Waals surface area (Å²) in [5, 5.41) is 9.42. The zero-order valence-corrected chi connectivity index (χ0v) is 10.0. The molecular weight excluding hydrogens is 222 g/mol. The molecule has 0 radical (unpaired) electrons. The fourth-order valence-corrected chi connectivity index (χ4v) is 1.52. The number of nitrogens with zero attached hydrogens (tertiary/aromatic N) is 3. The number of rotatable bonds is 4. The first-order valence-electron chi connectivity index (χ1n) is 5.33. The molecule has 0 saturated carbocycles. The van der Waals surface area contributed by atoms with Crippen LogP contribution in [0.1, 0.15) is 12.7 Å². The molecule has 0 amide bonds. The Morgan fingerprint density at radius 1 is 1.65 bits per heavy atom. The summed E-state index contributed by atoms with van der Waals surface area (Å²) in [5.41, 5.74) is 0.275. The standard InChI is InChI=1S/C10H15N5O2/c1-6(17-3)5-11-8-4-9-13-14-10(16)15(9)7(2)12-8/h4,6,11H,5H2,1-3H3,(H,14,16). The summed E-state index contributed by atoms with van der Waals surface area (Å²) in [7, 11) is 1.65. The minimum absolute atomic E-state index is 0.0923. The third kappa shape index (κ3) is 2.28. The topological polar surface area (TPSA) is 84.3 Å². The van der Waals surface area contributed by atoms with Crippen LogP contribution in [0, 0.1) is 6.92 Å². The van der Waals surface area contributed by atoms with Crippen molar-refractivity contribution in [3.63, 3.8) is 0 Å². The minimum atomic E-state index is -0.276. The molecule has 7 heteroatoms. The van der Waals surface area contributed by atoms with E-state index in [1.807, 2.05) is 6.92 Å². The van der Waals surface area contributed by atoms with E-state index < -0.39 is 0 Å². The summed E-state index contributed by atoms with van der Waals surface area (Å²) in [6.07, 6.45) is 0.0923. The van der Waals surface area contributed by atoms with Crippen molar-refractivity contribution in [2.75, 3.05) is 19.0 Å². The minimum Gasteiger partial charge on any atom is -0.380 e. The van der Waals surface area contributed by atoms with Gasteiger partial charge in [-0.25, -0.2) is 19.3 Å². The van der Waals surface area contributed by atoms with Crippen LogP contribution in [0.15, 0.2) is 10.9 Å². The summed E-state index contributed by atoms with van der Waals surface area (Å²) in [6.45, 7) is 4.36. The largest absolute Gasteiger partial charge is 0.380 e. The molecule has 0 fully saturated rings. The van der Waals surface area contributed by atoms with Crippen molar-refractivity contribution >= 4 is 11.5 Å². The van der Waals surface area contributed by atoms with Crippen molar-refractivity contribution in [1.29, 1.82) is 0 Å². The van der Waals surface area contributed by atoms with Gasteiger partial charge < -0.3 is 10.1 Å². The Hall–Kier alpha value is -1.89. The molecule has 92 valence electrons. The van der Waals surface area contributed by atoms with Crippen molar-refractivity contribution in [2.45, 2.75) is 20.0 Å². The first kappa shape index (κ1) is 11.6. The third-order valence-electron chi connectivity index (χ3n) is 2.54. The van der Waals surface area contributed by atoms with Gasteiger partial charge in [0.25, 0.3) is 0 Å². The number of aryl methyl sites for hydroxylation is 1. The molecule has 2 aromatic rings. The van der Waals surface area contributed by atoms with E-state index in [0.717, 1.165) is 0 Å². The Balaban J connectivity index is 2.28. The maximum atomic E-state index is 11.4. The Labute approximate surface area is 97.8 Å². The van der Waals surface area contributed by atoms with Crippen molar-refractivity contribution < 1.29 is 4.74 Å². The molecule has 0 saturated heterocycles. The number of hydrogen-bond acceptors (Lipinski definition) is 5. The first-order valence-corrected chi connectivity index (χ1v) is 5.33. The number of nitrogens with one attached hydrogen (secondary N) is 2. The molecule has 7 nitrogen and oxygen atoms in total. The average Bonchev–Trinajstić information content (AvgIpc) is 2.68. The Morgan fingerprint density at radius 2 is 2.41 bits per heavy atom. The molecule has 1 unspecified atom stereocenters. The van der Waals surface area contributed by atoms with Crippen LogP contribution in [0.25, 0.3) is 5.65 Å². The second-order valence-electron chi connectivity index (χ2n) is 3.84. The molecule has 0 aliphatic heterocycles.